The van der Waals surface area contributed by atoms with Crippen molar-refractivity contribution in [3.63, 3.8) is 0 Å². The molecule has 3 N–H and O–H groups in total. The van der Waals surface area contributed by atoms with Gasteiger partial charge in [-0.05, 0) is 20.8 Å². The molecule has 0 aliphatic carbocycles. The van der Waals surface area contributed by atoms with Gasteiger partial charge in [-0.15, -0.1) is 0 Å². The fourth-order valence-electron chi connectivity index (χ4n) is 1.57. The maximum Gasteiger partial charge on any atom is 0.326 e. The van der Waals surface area contributed by atoms with Gasteiger partial charge in [-0.1, -0.05) is 22.6 Å². The van der Waals surface area contributed by atoms with Gasteiger partial charge in [-0.3, -0.25) is 10.1 Å². The predicted molar refractivity (Wildman–Crippen MR) is 67.5 cm³/mol. The van der Waals surface area contributed by atoms with Crippen LogP contribution < -0.4 is 5.32 Å². The monoisotopic (exact) mass is 343 g/mol. The number of rotatable bonds is 2. The number of esters is 1. The van der Waals surface area contributed by atoms with Gasteiger partial charge in [-0.25, -0.2) is 0 Å². The van der Waals surface area contributed by atoms with Crippen LogP contribution in [0.25, 0.3) is 0 Å². The highest BCUT2D eigenvalue weighted by molar-refractivity contribution is 14.1. The summed E-state index contributed by atoms with van der Waals surface area (Å²) in [5, 5.41) is 21.8. The number of aliphatic hydroxyl groups is 2. The second-order valence-corrected chi connectivity index (χ2v) is 6.34. The molecule has 5 nitrogen and oxygen atoms in total. The summed E-state index contributed by atoms with van der Waals surface area (Å²) in [5.41, 5.74) is -0.573. The van der Waals surface area contributed by atoms with E-state index in [2.05, 4.69) is 5.32 Å². The van der Waals surface area contributed by atoms with Gasteiger partial charge in [0.25, 0.3) is 0 Å². The zero-order valence-corrected chi connectivity index (χ0v) is 11.8. The van der Waals surface area contributed by atoms with Crippen LogP contribution in [-0.4, -0.2) is 50.5 Å². The first-order chi connectivity index (χ1) is 7.26. The Hall–Kier alpha value is 0.0800. The van der Waals surface area contributed by atoms with Crippen LogP contribution in [0.4, 0.5) is 0 Å². The van der Waals surface area contributed by atoms with Crippen molar-refractivity contribution in [2.24, 2.45) is 0 Å². The van der Waals surface area contributed by atoms with Gasteiger partial charge in [0, 0.05) is 6.04 Å². The lowest BCUT2D eigenvalue weighted by molar-refractivity contribution is -0.159. The summed E-state index contributed by atoms with van der Waals surface area (Å²) in [4.78, 5) is 11.7. The van der Waals surface area contributed by atoms with Crippen molar-refractivity contribution in [2.75, 3.05) is 6.61 Å². The third-order valence-electron chi connectivity index (χ3n) is 2.30. The normalized spacial score (nSPS) is 35.1. The van der Waals surface area contributed by atoms with E-state index in [1.165, 1.54) is 0 Å². The molecule has 1 fully saturated rings. The molecular formula is C10H18INO4. The Morgan fingerprint density at radius 1 is 1.50 bits per heavy atom. The number of carbonyl (C=O) groups excluding carboxylic acids is 1. The average molecular weight is 343 g/mol. The fourth-order valence-corrected chi connectivity index (χ4v) is 2.42. The van der Waals surface area contributed by atoms with Crippen LogP contribution in [0.1, 0.15) is 20.8 Å². The van der Waals surface area contributed by atoms with E-state index in [1.807, 2.05) is 22.6 Å². The van der Waals surface area contributed by atoms with Gasteiger partial charge in [0.2, 0.25) is 0 Å². The van der Waals surface area contributed by atoms with Gasteiger partial charge in [0.15, 0.2) is 0 Å². The molecule has 4 atom stereocenters. The van der Waals surface area contributed by atoms with Gasteiger partial charge < -0.3 is 14.9 Å². The van der Waals surface area contributed by atoms with Crippen LogP contribution >= 0.6 is 22.6 Å². The minimum absolute atomic E-state index is 0.107. The van der Waals surface area contributed by atoms with Crippen LogP contribution in [0.5, 0.6) is 0 Å². The first kappa shape index (κ1) is 14.1. The van der Waals surface area contributed by atoms with E-state index in [1.54, 1.807) is 20.8 Å². The Morgan fingerprint density at radius 2 is 2.06 bits per heavy atom. The van der Waals surface area contributed by atoms with Crippen LogP contribution in [0.2, 0.25) is 0 Å². The lowest BCUT2D eigenvalue weighted by Gasteiger charge is -2.23. The summed E-state index contributed by atoms with van der Waals surface area (Å²) >= 11 is 2.03. The number of hydrogen-bond acceptors (Lipinski definition) is 5. The van der Waals surface area contributed by atoms with Crippen molar-refractivity contribution in [2.45, 2.75) is 48.5 Å². The van der Waals surface area contributed by atoms with E-state index in [0.717, 1.165) is 0 Å². The third kappa shape index (κ3) is 3.28. The van der Waals surface area contributed by atoms with E-state index in [0.29, 0.717) is 0 Å². The zero-order chi connectivity index (χ0) is 12.5. The van der Waals surface area contributed by atoms with E-state index in [4.69, 9.17) is 9.84 Å². The molecule has 0 spiro atoms. The standard InChI is InChI=1S/C10H18INO4/c1-10(2,3)16-9(15)7-8(14)6(11)5(4-13)12-7/h5-8,12-14H,4H2,1-3H3/t5-,6-,7+,8+/m1/s1. The second kappa shape index (κ2) is 5.16. The largest absolute Gasteiger partial charge is 0.459 e. The summed E-state index contributed by atoms with van der Waals surface area (Å²) in [6.45, 7) is 5.22. The van der Waals surface area contributed by atoms with Crippen LogP contribution in [0.3, 0.4) is 0 Å². The summed E-state index contributed by atoms with van der Waals surface area (Å²) in [7, 11) is 0. The van der Waals surface area contributed by atoms with E-state index in [-0.39, 0.29) is 16.6 Å². The molecule has 1 saturated heterocycles. The highest BCUT2D eigenvalue weighted by Crippen LogP contribution is 2.24. The summed E-state index contributed by atoms with van der Waals surface area (Å²) < 4.78 is 4.99. The van der Waals surface area contributed by atoms with E-state index >= 15 is 0 Å². The number of carbonyl (C=O) groups is 1. The molecule has 0 saturated carbocycles. The molecule has 6 heteroatoms. The van der Waals surface area contributed by atoms with Crippen molar-refractivity contribution >= 4 is 28.6 Å². The van der Waals surface area contributed by atoms with Crippen molar-refractivity contribution in [1.29, 1.82) is 0 Å². The maximum absolute atomic E-state index is 11.7. The highest BCUT2D eigenvalue weighted by Gasteiger charge is 2.45. The van der Waals surface area contributed by atoms with Crippen molar-refractivity contribution < 1.29 is 19.7 Å². The molecular weight excluding hydrogens is 325 g/mol. The number of nitrogens with one attached hydrogen (secondary N) is 1. The van der Waals surface area contributed by atoms with E-state index in [9.17, 15) is 9.90 Å². The Labute approximate surface area is 109 Å². The summed E-state index contributed by atoms with van der Waals surface area (Å²) in [6, 6.07) is -1.02. The minimum Gasteiger partial charge on any atom is -0.459 e. The first-order valence-corrected chi connectivity index (χ1v) is 6.42. The quantitative estimate of drug-likeness (QED) is 0.369. The molecule has 16 heavy (non-hydrogen) atoms. The highest BCUT2D eigenvalue weighted by atomic mass is 127. The lowest BCUT2D eigenvalue weighted by atomic mass is 10.1. The molecule has 0 aromatic heterocycles. The molecule has 1 rings (SSSR count). The molecule has 0 bridgehead atoms. The Balaban J connectivity index is 2.65. The number of halogens is 1. The first-order valence-electron chi connectivity index (χ1n) is 5.18. The molecule has 94 valence electrons. The van der Waals surface area contributed by atoms with Gasteiger partial charge in [-0.2, -0.15) is 0 Å². The zero-order valence-electron chi connectivity index (χ0n) is 9.61. The molecule has 0 radical (unpaired) electrons. The van der Waals surface area contributed by atoms with Gasteiger partial charge >= 0.3 is 5.97 Å². The Morgan fingerprint density at radius 3 is 2.44 bits per heavy atom. The Bertz CT molecular complexity index is 266. The third-order valence-corrected chi connectivity index (χ3v) is 3.91. The smallest absolute Gasteiger partial charge is 0.326 e. The predicted octanol–water partition coefficient (Wildman–Crippen LogP) is -0.175. The van der Waals surface area contributed by atoms with Crippen LogP contribution in [-0.2, 0) is 9.53 Å². The molecule has 1 aliphatic heterocycles. The Kier molecular flexibility index (Phi) is 4.56. The summed E-state index contributed by atoms with van der Waals surface area (Å²) in [6.07, 6.45) is -0.826. The van der Waals surface area contributed by atoms with Crippen molar-refractivity contribution in [3.05, 3.63) is 0 Å². The molecule has 0 amide bonds. The van der Waals surface area contributed by atoms with Crippen molar-refractivity contribution in [1.82, 2.24) is 5.32 Å². The van der Waals surface area contributed by atoms with Crippen LogP contribution in [0, 0.1) is 0 Å². The maximum atomic E-state index is 11.7. The second-order valence-electron chi connectivity index (χ2n) is 4.90. The SMILES string of the molecule is CC(C)(C)OC(=O)[C@H]1N[C@H](CO)[C@@H](I)[C@@H]1O. The van der Waals surface area contributed by atoms with Crippen LogP contribution in [0.15, 0.2) is 0 Å². The van der Waals surface area contributed by atoms with Gasteiger partial charge in [0.05, 0.1) is 16.6 Å². The summed E-state index contributed by atoms with van der Waals surface area (Å²) in [5.74, 6) is -0.474. The molecule has 0 aromatic rings. The van der Waals surface area contributed by atoms with Gasteiger partial charge in [0.1, 0.15) is 11.6 Å². The van der Waals surface area contributed by atoms with E-state index < -0.39 is 23.7 Å². The number of hydrogen-bond donors (Lipinski definition) is 3. The minimum atomic E-state index is -0.826. The average Bonchev–Trinajstić information content (AvgIpc) is 2.41. The topological polar surface area (TPSA) is 78.8 Å². The molecule has 0 aromatic carbocycles. The number of ether oxygens (including phenoxy) is 1. The number of alkyl halides is 1. The fraction of sp³-hybridized carbons (Fsp3) is 0.900. The molecule has 1 aliphatic rings. The molecule has 0 unspecified atom stereocenters. The lowest BCUT2D eigenvalue weighted by Crippen LogP contribution is -2.44. The van der Waals surface area contributed by atoms with Crippen molar-refractivity contribution in [3.8, 4) is 0 Å². The number of aliphatic hydroxyl groups excluding tert-OH is 2. The molecule has 1 heterocycles.